The van der Waals surface area contributed by atoms with E-state index in [4.69, 9.17) is 18.9 Å². The molecule has 1 saturated heterocycles. The lowest BCUT2D eigenvalue weighted by molar-refractivity contribution is -0.122. The first kappa shape index (κ1) is 26.9. The number of hydrogen-bond donors (Lipinski definition) is 1. The number of alkyl carbamates (subject to hydrolysis) is 1. The van der Waals surface area contributed by atoms with Crippen LogP contribution in [0.5, 0.6) is 5.88 Å². The third-order valence-electron chi connectivity index (χ3n) is 6.83. The molecule has 0 bridgehead atoms. The molecule has 3 amide bonds. The largest absolute Gasteiger partial charge is 0.465 e. The van der Waals surface area contributed by atoms with Gasteiger partial charge in [0.15, 0.2) is 12.4 Å². The van der Waals surface area contributed by atoms with Gasteiger partial charge < -0.3 is 24.3 Å². The lowest BCUT2D eigenvalue weighted by atomic mass is 9.75. The first-order valence-electron chi connectivity index (χ1n) is 13.0. The first-order chi connectivity index (χ1) is 18.6. The summed E-state index contributed by atoms with van der Waals surface area (Å²) in [5, 5.41) is 2.82. The summed E-state index contributed by atoms with van der Waals surface area (Å²) in [6.07, 6.45) is 1.25. The van der Waals surface area contributed by atoms with Gasteiger partial charge in [0.2, 0.25) is 5.82 Å². The van der Waals surface area contributed by atoms with Gasteiger partial charge in [0, 0.05) is 33.6 Å². The van der Waals surface area contributed by atoms with Crippen molar-refractivity contribution in [3.8, 4) is 5.88 Å². The Labute approximate surface area is 227 Å². The number of rotatable bonds is 9. The van der Waals surface area contributed by atoms with Crippen molar-refractivity contribution in [2.75, 3.05) is 36.3 Å². The summed E-state index contributed by atoms with van der Waals surface area (Å²) in [5.41, 5.74) is 0.158. The number of fused-ring (bicyclic) bond motifs is 1. The van der Waals surface area contributed by atoms with Gasteiger partial charge in [-0.3, -0.25) is 14.6 Å². The molecule has 1 spiro atoms. The lowest BCUT2D eigenvalue weighted by Gasteiger charge is -2.42. The standard InChI is InChI=1S/C26H33N5O7Si/c1-39(2,3)10-9-35-17-31-21(32)15-36-23-22(31)29-20(13-27-23)30-16-26(38-25(30)34)11-19(12-26)28-24(33)37-14-18-7-5-4-6-8-18/h4-8,13,19H,9-12,14-17H2,1-3H3,(H,28,33). The second kappa shape index (κ2) is 10.8. The minimum atomic E-state index is -1.28. The van der Waals surface area contributed by atoms with Crippen LogP contribution in [0.15, 0.2) is 36.5 Å². The Morgan fingerprint density at radius 1 is 1.21 bits per heavy atom. The molecule has 1 aliphatic carbocycles. The number of aromatic nitrogens is 2. The molecule has 1 N–H and O–H groups in total. The molecule has 39 heavy (non-hydrogen) atoms. The highest BCUT2D eigenvalue weighted by atomic mass is 28.3. The zero-order valence-corrected chi connectivity index (χ0v) is 23.3. The fourth-order valence-electron chi connectivity index (χ4n) is 4.64. The van der Waals surface area contributed by atoms with Crippen molar-refractivity contribution in [1.29, 1.82) is 0 Å². The maximum absolute atomic E-state index is 12.8. The molecule has 0 unspecified atom stereocenters. The summed E-state index contributed by atoms with van der Waals surface area (Å²) < 4.78 is 22.2. The lowest BCUT2D eigenvalue weighted by Crippen LogP contribution is -2.57. The van der Waals surface area contributed by atoms with Gasteiger partial charge in [0.25, 0.3) is 11.8 Å². The van der Waals surface area contributed by atoms with E-state index in [-0.39, 0.29) is 56.0 Å². The second-order valence-electron chi connectivity index (χ2n) is 11.3. The molecule has 12 nitrogen and oxygen atoms in total. The van der Waals surface area contributed by atoms with Gasteiger partial charge >= 0.3 is 12.2 Å². The fourth-order valence-corrected chi connectivity index (χ4v) is 5.40. The smallest absolute Gasteiger partial charge is 0.416 e. The Balaban J connectivity index is 1.17. The fraction of sp³-hybridized carbons (Fsp3) is 0.500. The Hall–Kier alpha value is -3.71. The number of ether oxygens (including phenoxy) is 4. The average molecular weight is 556 g/mol. The molecular formula is C26H33N5O7Si. The number of benzene rings is 1. The molecule has 0 radical (unpaired) electrons. The maximum Gasteiger partial charge on any atom is 0.416 e. The molecular weight excluding hydrogens is 522 g/mol. The van der Waals surface area contributed by atoms with Crippen LogP contribution in [0.1, 0.15) is 18.4 Å². The molecule has 13 heteroatoms. The van der Waals surface area contributed by atoms with Crippen LogP contribution in [-0.4, -0.2) is 74.3 Å². The minimum Gasteiger partial charge on any atom is -0.465 e. The van der Waals surface area contributed by atoms with E-state index >= 15 is 0 Å². The van der Waals surface area contributed by atoms with Gasteiger partial charge in [-0.25, -0.2) is 19.6 Å². The number of nitrogens with zero attached hydrogens (tertiary/aromatic N) is 4. The highest BCUT2D eigenvalue weighted by molar-refractivity contribution is 6.76. The topological polar surface area (TPSA) is 132 Å². The van der Waals surface area contributed by atoms with Gasteiger partial charge in [-0.05, 0) is 11.6 Å². The summed E-state index contributed by atoms with van der Waals surface area (Å²) in [6.45, 7) is 7.60. The summed E-state index contributed by atoms with van der Waals surface area (Å²) in [5.74, 6) is 0.366. The summed E-state index contributed by atoms with van der Waals surface area (Å²) in [7, 11) is -1.28. The number of carbonyl (C=O) groups excluding carboxylic acids is 3. The van der Waals surface area contributed by atoms with Crippen molar-refractivity contribution in [2.45, 2.75) is 56.8 Å². The Morgan fingerprint density at radius 2 is 1.97 bits per heavy atom. The van der Waals surface area contributed by atoms with Crippen molar-refractivity contribution in [2.24, 2.45) is 0 Å². The predicted octanol–water partition coefficient (Wildman–Crippen LogP) is 3.30. The normalized spacial score (nSPS) is 22.2. The number of nitrogens with one attached hydrogen (secondary N) is 1. The average Bonchev–Trinajstić information content (AvgIpc) is 3.23. The van der Waals surface area contributed by atoms with E-state index in [0.29, 0.717) is 19.4 Å². The van der Waals surface area contributed by atoms with E-state index in [1.807, 2.05) is 30.3 Å². The Kier molecular flexibility index (Phi) is 7.45. The molecule has 2 aromatic rings. The van der Waals surface area contributed by atoms with E-state index in [1.54, 1.807) is 0 Å². The molecule has 2 aliphatic heterocycles. The van der Waals surface area contributed by atoms with Crippen LogP contribution in [0.4, 0.5) is 21.2 Å². The quantitative estimate of drug-likeness (QED) is 0.366. The molecule has 1 saturated carbocycles. The molecule has 3 aliphatic rings. The van der Waals surface area contributed by atoms with Gasteiger partial charge in [-0.15, -0.1) is 0 Å². The Bertz CT molecular complexity index is 1230. The van der Waals surface area contributed by atoms with Crippen molar-refractivity contribution in [3.63, 3.8) is 0 Å². The molecule has 0 atom stereocenters. The SMILES string of the molecule is C[Si](C)(C)CCOCN1C(=O)COc2ncc(N3CC4(CC(NC(=O)OCc5ccccc5)C4)OC3=O)nc21. The minimum absolute atomic E-state index is 0.0277. The van der Waals surface area contributed by atoms with Crippen LogP contribution < -0.4 is 19.9 Å². The van der Waals surface area contributed by atoms with Crippen molar-refractivity contribution < 1.29 is 33.3 Å². The maximum atomic E-state index is 12.8. The zero-order valence-electron chi connectivity index (χ0n) is 22.3. The molecule has 5 rings (SSSR count). The third kappa shape index (κ3) is 6.31. The van der Waals surface area contributed by atoms with Crippen LogP contribution in [0.25, 0.3) is 0 Å². The summed E-state index contributed by atoms with van der Waals surface area (Å²) in [6, 6.07) is 10.2. The van der Waals surface area contributed by atoms with Crippen molar-refractivity contribution >= 4 is 37.8 Å². The van der Waals surface area contributed by atoms with Crippen LogP contribution in [0.3, 0.4) is 0 Å². The third-order valence-corrected chi connectivity index (χ3v) is 8.54. The predicted molar refractivity (Wildman–Crippen MR) is 143 cm³/mol. The molecule has 2 fully saturated rings. The van der Waals surface area contributed by atoms with Gasteiger partial charge in [0.1, 0.15) is 18.9 Å². The van der Waals surface area contributed by atoms with E-state index in [2.05, 4.69) is 34.9 Å². The number of anilines is 2. The van der Waals surface area contributed by atoms with Gasteiger partial charge in [0.05, 0.1) is 12.7 Å². The molecule has 208 valence electrons. The molecule has 3 heterocycles. The second-order valence-corrected chi connectivity index (χ2v) is 16.9. The highest BCUT2D eigenvalue weighted by Crippen LogP contribution is 2.43. The zero-order chi connectivity index (χ0) is 27.6. The molecule has 1 aromatic carbocycles. The Morgan fingerprint density at radius 3 is 2.72 bits per heavy atom. The monoisotopic (exact) mass is 555 g/mol. The number of hydrogen-bond acceptors (Lipinski definition) is 9. The van der Waals surface area contributed by atoms with E-state index in [1.165, 1.54) is 16.0 Å². The van der Waals surface area contributed by atoms with Crippen molar-refractivity contribution in [3.05, 3.63) is 42.1 Å². The first-order valence-corrected chi connectivity index (χ1v) is 16.7. The highest BCUT2D eigenvalue weighted by Gasteiger charge is 2.55. The summed E-state index contributed by atoms with van der Waals surface area (Å²) >= 11 is 0. The van der Waals surface area contributed by atoms with Crippen LogP contribution >= 0.6 is 0 Å². The van der Waals surface area contributed by atoms with E-state index in [0.717, 1.165) is 11.6 Å². The van der Waals surface area contributed by atoms with E-state index < -0.39 is 25.9 Å². The molecule has 1 aromatic heterocycles. The van der Waals surface area contributed by atoms with Gasteiger partial charge in [-0.2, -0.15) is 0 Å². The van der Waals surface area contributed by atoms with Crippen LogP contribution in [0.2, 0.25) is 25.7 Å². The van der Waals surface area contributed by atoms with E-state index in [9.17, 15) is 14.4 Å². The van der Waals surface area contributed by atoms with Gasteiger partial charge in [-0.1, -0.05) is 50.0 Å². The summed E-state index contributed by atoms with van der Waals surface area (Å²) in [4.78, 5) is 49.1. The van der Waals surface area contributed by atoms with Crippen molar-refractivity contribution in [1.82, 2.24) is 15.3 Å². The number of carbonyl (C=O) groups is 3. The number of amides is 3. The van der Waals surface area contributed by atoms with Crippen LogP contribution in [-0.2, 0) is 25.6 Å². The van der Waals surface area contributed by atoms with Crippen LogP contribution in [0, 0.1) is 0 Å².